The van der Waals surface area contributed by atoms with Gasteiger partial charge in [0.2, 0.25) is 5.95 Å². The Bertz CT molecular complexity index is 975. The van der Waals surface area contributed by atoms with Gasteiger partial charge >= 0.3 is 0 Å². The number of benzene rings is 1. The van der Waals surface area contributed by atoms with Crippen LogP contribution in [-0.2, 0) is 13.1 Å². The Morgan fingerprint density at radius 1 is 1.16 bits per heavy atom. The highest BCUT2D eigenvalue weighted by molar-refractivity contribution is 5.32. The van der Waals surface area contributed by atoms with Crippen molar-refractivity contribution in [2.75, 3.05) is 31.1 Å². The third-order valence-corrected chi connectivity index (χ3v) is 5.55. The maximum Gasteiger partial charge on any atom is 0.225 e. The maximum atomic E-state index is 10.9. The summed E-state index contributed by atoms with van der Waals surface area (Å²) >= 11 is 0. The van der Waals surface area contributed by atoms with Gasteiger partial charge in [0.15, 0.2) is 0 Å². The van der Waals surface area contributed by atoms with Crippen LogP contribution in [0.15, 0.2) is 48.8 Å². The van der Waals surface area contributed by atoms with Crippen molar-refractivity contribution < 1.29 is 9.84 Å². The molecular weight excluding hydrogens is 392 g/mol. The van der Waals surface area contributed by atoms with E-state index in [0.717, 1.165) is 35.8 Å². The number of nitrogens with zero attached hydrogens (tertiary/aromatic N) is 5. The van der Waals surface area contributed by atoms with E-state index < -0.39 is 5.60 Å². The van der Waals surface area contributed by atoms with Gasteiger partial charge in [0.25, 0.3) is 0 Å². The van der Waals surface area contributed by atoms with Crippen molar-refractivity contribution in [3.63, 3.8) is 0 Å². The molecule has 1 atom stereocenters. The highest BCUT2D eigenvalue weighted by Gasteiger charge is 2.36. The molecule has 3 aromatic rings. The minimum absolute atomic E-state index is 0.525. The average molecular weight is 423 g/mol. The zero-order valence-electron chi connectivity index (χ0n) is 18.2. The largest absolute Gasteiger partial charge is 0.492 e. The fourth-order valence-corrected chi connectivity index (χ4v) is 3.92. The number of hydrogen-bond donors (Lipinski definition) is 2. The summed E-state index contributed by atoms with van der Waals surface area (Å²) < 4.78 is 7.81. The summed E-state index contributed by atoms with van der Waals surface area (Å²) in [5, 5.41) is 18.7. The lowest BCUT2D eigenvalue weighted by atomic mass is 10.0. The highest BCUT2D eigenvalue weighted by atomic mass is 16.5. The average Bonchev–Trinajstić information content (AvgIpc) is 3.31. The molecule has 0 bridgehead atoms. The van der Waals surface area contributed by atoms with Crippen LogP contribution >= 0.6 is 0 Å². The molecule has 0 aliphatic carbocycles. The lowest BCUT2D eigenvalue weighted by molar-refractivity contribution is 0.0626. The van der Waals surface area contributed by atoms with E-state index in [9.17, 15) is 5.11 Å². The molecule has 0 saturated carbocycles. The molecule has 31 heavy (non-hydrogen) atoms. The van der Waals surface area contributed by atoms with Crippen molar-refractivity contribution in [1.29, 1.82) is 0 Å². The minimum atomic E-state index is -0.773. The van der Waals surface area contributed by atoms with Gasteiger partial charge in [0.05, 0.1) is 24.4 Å². The van der Waals surface area contributed by atoms with Crippen LogP contribution in [0.1, 0.15) is 23.4 Å². The van der Waals surface area contributed by atoms with E-state index in [1.807, 2.05) is 28.6 Å². The first kappa shape index (κ1) is 21.3. The molecule has 4 rings (SSSR count). The number of aryl methyl sites for hydroxylation is 2. The molecule has 1 fully saturated rings. The van der Waals surface area contributed by atoms with E-state index in [-0.39, 0.29) is 0 Å². The quantitative estimate of drug-likeness (QED) is 0.546. The molecule has 0 radical (unpaired) electrons. The number of ether oxygens (including phenoxy) is 1. The lowest BCUT2D eigenvalue weighted by Gasteiger charge is -2.24. The van der Waals surface area contributed by atoms with Gasteiger partial charge in [-0.15, -0.1) is 0 Å². The van der Waals surface area contributed by atoms with Gasteiger partial charge in [-0.1, -0.05) is 12.1 Å². The molecule has 2 N–H and O–H groups in total. The predicted octanol–water partition coefficient (Wildman–Crippen LogP) is 2.10. The van der Waals surface area contributed by atoms with Crippen LogP contribution < -0.4 is 15.0 Å². The van der Waals surface area contributed by atoms with Gasteiger partial charge in [-0.2, -0.15) is 5.10 Å². The van der Waals surface area contributed by atoms with Crippen molar-refractivity contribution in [3.05, 3.63) is 65.7 Å². The molecule has 8 nitrogen and oxygen atoms in total. The standard InChI is InChI=1S/C23H30N6O2/c1-18-14-19(2)29(27-18)12-13-31-21-6-4-20(5-7-21)15-24-16-23(30)8-11-28(17-23)22-25-9-3-10-26-22/h3-7,9-10,14,24,30H,8,11-13,15-17H2,1-2H3/t23-/m0/s1. The lowest BCUT2D eigenvalue weighted by Crippen LogP contribution is -2.43. The third-order valence-electron chi connectivity index (χ3n) is 5.55. The third kappa shape index (κ3) is 5.59. The van der Waals surface area contributed by atoms with Crippen LogP contribution in [0.3, 0.4) is 0 Å². The van der Waals surface area contributed by atoms with Gasteiger partial charge in [-0.05, 0) is 50.1 Å². The van der Waals surface area contributed by atoms with Crippen LogP contribution in [0.5, 0.6) is 5.75 Å². The summed E-state index contributed by atoms with van der Waals surface area (Å²) in [7, 11) is 0. The molecule has 8 heteroatoms. The molecule has 0 amide bonds. The summed E-state index contributed by atoms with van der Waals surface area (Å²) in [4.78, 5) is 10.6. The maximum absolute atomic E-state index is 10.9. The molecule has 0 spiro atoms. The Morgan fingerprint density at radius 3 is 2.65 bits per heavy atom. The van der Waals surface area contributed by atoms with Gasteiger partial charge in [0, 0.05) is 37.7 Å². The minimum Gasteiger partial charge on any atom is -0.492 e. The molecule has 1 aliphatic heterocycles. The van der Waals surface area contributed by atoms with E-state index in [0.29, 0.717) is 38.6 Å². The Hall–Kier alpha value is -2.97. The van der Waals surface area contributed by atoms with Crippen molar-refractivity contribution in [3.8, 4) is 5.75 Å². The van der Waals surface area contributed by atoms with Crippen LogP contribution in [0, 0.1) is 13.8 Å². The normalized spacial score (nSPS) is 18.5. The molecule has 164 valence electrons. The van der Waals surface area contributed by atoms with Crippen LogP contribution in [0.25, 0.3) is 0 Å². The zero-order valence-corrected chi connectivity index (χ0v) is 18.2. The summed E-state index contributed by atoms with van der Waals surface area (Å²) in [5.41, 5.74) is 2.55. The second-order valence-electron chi connectivity index (χ2n) is 8.19. The highest BCUT2D eigenvalue weighted by Crippen LogP contribution is 2.23. The Morgan fingerprint density at radius 2 is 1.94 bits per heavy atom. The molecule has 3 heterocycles. The van der Waals surface area contributed by atoms with Crippen LogP contribution in [-0.4, -0.2) is 56.7 Å². The topological polar surface area (TPSA) is 88.3 Å². The fraction of sp³-hybridized carbons (Fsp3) is 0.435. The van der Waals surface area contributed by atoms with Crippen molar-refractivity contribution >= 4 is 5.95 Å². The van der Waals surface area contributed by atoms with E-state index in [1.165, 1.54) is 0 Å². The van der Waals surface area contributed by atoms with E-state index in [2.05, 4.69) is 45.5 Å². The van der Waals surface area contributed by atoms with E-state index in [4.69, 9.17) is 4.74 Å². The molecule has 1 saturated heterocycles. The zero-order chi connectivity index (χ0) is 21.7. The number of anilines is 1. The van der Waals surface area contributed by atoms with Crippen molar-refractivity contribution in [2.45, 2.75) is 39.0 Å². The molecule has 1 aliphatic rings. The second-order valence-corrected chi connectivity index (χ2v) is 8.19. The smallest absolute Gasteiger partial charge is 0.225 e. The molecular formula is C23H30N6O2. The number of nitrogens with one attached hydrogen (secondary N) is 1. The number of aromatic nitrogens is 4. The molecule has 1 aromatic carbocycles. The number of rotatable bonds is 9. The van der Waals surface area contributed by atoms with Gasteiger partial charge in [0.1, 0.15) is 12.4 Å². The summed E-state index contributed by atoms with van der Waals surface area (Å²) in [6, 6.07) is 11.9. The van der Waals surface area contributed by atoms with Crippen molar-refractivity contribution in [1.82, 2.24) is 25.1 Å². The number of aliphatic hydroxyl groups is 1. The Balaban J connectivity index is 1.19. The summed E-state index contributed by atoms with van der Waals surface area (Å²) in [6.07, 6.45) is 4.15. The summed E-state index contributed by atoms with van der Waals surface area (Å²) in [5.74, 6) is 1.52. The first-order chi connectivity index (χ1) is 15.0. The molecule has 2 aromatic heterocycles. The first-order valence-corrected chi connectivity index (χ1v) is 10.7. The fourth-order valence-electron chi connectivity index (χ4n) is 3.92. The van der Waals surface area contributed by atoms with E-state index >= 15 is 0 Å². The number of hydrogen-bond acceptors (Lipinski definition) is 7. The van der Waals surface area contributed by atoms with Gasteiger partial charge < -0.3 is 20.1 Å². The van der Waals surface area contributed by atoms with Crippen LogP contribution in [0.2, 0.25) is 0 Å². The van der Waals surface area contributed by atoms with E-state index in [1.54, 1.807) is 18.5 Å². The summed E-state index contributed by atoms with van der Waals surface area (Å²) in [6.45, 7) is 7.86. The first-order valence-electron chi connectivity index (χ1n) is 10.7. The van der Waals surface area contributed by atoms with Gasteiger partial charge in [-0.25, -0.2) is 9.97 Å². The van der Waals surface area contributed by atoms with Gasteiger partial charge in [-0.3, -0.25) is 4.68 Å². The van der Waals surface area contributed by atoms with Crippen LogP contribution in [0.4, 0.5) is 5.95 Å². The SMILES string of the molecule is Cc1cc(C)n(CCOc2ccc(CNC[C@@]3(O)CCN(c4ncccn4)C3)cc2)n1. The number of β-amino-alcohol motifs (C(OH)–C–C–N with tert-alkyl or cyclic N) is 1. The predicted molar refractivity (Wildman–Crippen MR) is 119 cm³/mol. The van der Waals surface area contributed by atoms with Crippen molar-refractivity contribution in [2.24, 2.45) is 0 Å². The second kappa shape index (κ2) is 9.45. The molecule has 0 unspecified atom stereocenters. The Labute approximate surface area is 182 Å². The monoisotopic (exact) mass is 422 g/mol. The Kier molecular flexibility index (Phi) is 6.48.